The van der Waals surface area contributed by atoms with Crippen LogP contribution in [0.3, 0.4) is 0 Å². The Morgan fingerprint density at radius 2 is 2.14 bits per heavy atom. The lowest BCUT2D eigenvalue weighted by molar-refractivity contribution is -0.123. The molecule has 1 aliphatic rings. The number of likely N-dealkylation sites (tertiary alicyclic amines) is 1. The summed E-state index contributed by atoms with van der Waals surface area (Å²) >= 11 is 0. The van der Waals surface area contributed by atoms with E-state index in [1.165, 1.54) is 12.1 Å². The van der Waals surface area contributed by atoms with Crippen molar-refractivity contribution in [2.75, 3.05) is 26.2 Å². The van der Waals surface area contributed by atoms with Gasteiger partial charge in [0.25, 0.3) is 0 Å². The number of aliphatic hydroxyl groups is 1. The Bertz CT molecular complexity index is 474. The second-order valence-corrected chi connectivity index (χ2v) is 6.04. The van der Waals surface area contributed by atoms with Crippen LogP contribution in [-0.2, 0) is 11.2 Å². The number of carbonyl (C=O) groups excluding carboxylic acids is 1. The Balaban J connectivity index is 1.69. The van der Waals surface area contributed by atoms with Crippen molar-refractivity contribution in [3.63, 3.8) is 0 Å². The highest BCUT2D eigenvalue weighted by molar-refractivity contribution is 5.78. The average Bonchev–Trinajstić information content (AvgIpc) is 2.40. The largest absolute Gasteiger partial charge is 0.389 e. The molecule has 1 aromatic carbocycles. The van der Waals surface area contributed by atoms with E-state index in [4.69, 9.17) is 0 Å². The van der Waals surface area contributed by atoms with Crippen LogP contribution >= 0.6 is 0 Å². The molecule has 116 valence electrons. The molecule has 0 aliphatic carbocycles. The zero-order valence-corrected chi connectivity index (χ0v) is 12.4. The number of hydrogen-bond donors (Lipinski definition) is 2. The number of amides is 1. The third kappa shape index (κ3) is 5.44. The van der Waals surface area contributed by atoms with Crippen LogP contribution in [0.15, 0.2) is 24.3 Å². The molecule has 5 heteroatoms. The first-order valence-corrected chi connectivity index (χ1v) is 7.40. The zero-order valence-electron chi connectivity index (χ0n) is 12.4. The van der Waals surface area contributed by atoms with Crippen LogP contribution in [0, 0.1) is 5.82 Å². The minimum atomic E-state index is -0.688. The number of nitrogens with one attached hydrogen (secondary N) is 1. The molecule has 0 radical (unpaired) electrons. The van der Waals surface area contributed by atoms with Crippen molar-refractivity contribution in [1.29, 1.82) is 0 Å². The molecular weight excluding hydrogens is 271 g/mol. The molecule has 4 nitrogen and oxygen atoms in total. The van der Waals surface area contributed by atoms with Crippen LogP contribution in [0.25, 0.3) is 0 Å². The molecule has 1 amide bonds. The monoisotopic (exact) mass is 294 g/mol. The standard InChI is InChI=1S/C16H23FN2O2/c1-16(21)8-2-10-19(12-16)11-15(20)18-9-7-13-3-5-14(17)6-4-13/h3-6,21H,2,7-12H2,1H3,(H,18,20). The molecule has 0 spiro atoms. The first-order chi connectivity index (χ1) is 9.94. The minimum Gasteiger partial charge on any atom is -0.389 e. The van der Waals surface area contributed by atoms with Gasteiger partial charge < -0.3 is 10.4 Å². The van der Waals surface area contributed by atoms with Gasteiger partial charge in [0.15, 0.2) is 0 Å². The van der Waals surface area contributed by atoms with E-state index in [2.05, 4.69) is 5.32 Å². The number of rotatable bonds is 5. The Labute approximate surface area is 125 Å². The van der Waals surface area contributed by atoms with Crippen LogP contribution in [0.5, 0.6) is 0 Å². The van der Waals surface area contributed by atoms with Crippen LogP contribution < -0.4 is 5.32 Å². The summed E-state index contributed by atoms with van der Waals surface area (Å²) in [5.74, 6) is -0.283. The predicted octanol–water partition coefficient (Wildman–Crippen LogP) is 1.33. The number of benzene rings is 1. The summed E-state index contributed by atoms with van der Waals surface area (Å²) in [7, 11) is 0. The van der Waals surface area contributed by atoms with Crippen molar-refractivity contribution in [1.82, 2.24) is 10.2 Å². The number of β-amino-alcohol motifs (C(OH)–C–C–N with tert-alkyl or cyclic N) is 1. The number of carbonyl (C=O) groups is 1. The molecule has 1 aliphatic heterocycles. The lowest BCUT2D eigenvalue weighted by Crippen LogP contribution is -2.49. The van der Waals surface area contributed by atoms with E-state index in [1.54, 1.807) is 12.1 Å². The van der Waals surface area contributed by atoms with E-state index < -0.39 is 5.60 Å². The van der Waals surface area contributed by atoms with Crippen LogP contribution in [-0.4, -0.2) is 47.7 Å². The van der Waals surface area contributed by atoms with Crippen molar-refractivity contribution >= 4 is 5.91 Å². The molecule has 1 fully saturated rings. The van der Waals surface area contributed by atoms with Crippen molar-refractivity contribution in [2.45, 2.75) is 31.8 Å². The molecule has 0 bridgehead atoms. The van der Waals surface area contributed by atoms with Gasteiger partial charge in [0.2, 0.25) is 5.91 Å². The van der Waals surface area contributed by atoms with Gasteiger partial charge in [0, 0.05) is 13.1 Å². The lowest BCUT2D eigenvalue weighted by Gasteiger charge is -2.36. The van der Waals surface area contributed by atoms with Crippen LogP contribution in [0.2, 0.25) is 0 Å². The van der Waals surface area contributed by atoms with Crippen molar-refractivity contribution in [3.8, 4) is 0 Å². The van der Waals surface area contributed by atoms with E-state index in [-0.39, 0.29) is 11.7 Å². The lowest BCUT2D eigenvalue weighted by atomic mass is 9.95. The maximum Gasteiger partial charge on any atom is 0.234 e. The highest BCUT2D eigenvalue weighted by Crippen LogP contribution is 2.19. The van der Waals surface area contributed by atoms with Gasteiger partial charge in [-0.15, -0.1) is 0 Å². The van der Waals surface area contributed by atoms with Gasteiger partial charge in [-0.05, 0) is 50.4 Å². The van der Waals surface area contributed by atoms with E-state index in [0.717, 1.165) is 24.9 Å². The highest BCUT2D eigenvalue weighted by atomic mass is 19.1. The average molecular weight is 294 g/mol. The normalized spacial score (nSPS) is 23.0. The molecule has 1 atom stereocenters. The topological polar surface area (TPSA) is 52.6 Å². The molecule has 1 saturated heterocycles. The predicted molar refractivity (Wildman–Crippen MR) is 79.4 cm³/mol. The van der Waals surface area contributed by atoms with Crippen LogP contribution in [0.4, 0.5) is 4.39 Å². The van der Waals surface area contributed by atoms with Gasteiger partial charge in [-0.1, -0.05) is 12.1 Å². The zero-order chi connectivity index (χ0) is 15.3. The highest BCUT2D eigenvalue weighted by Gasteiger charge is 2.28. The molecule has 1 aromatic rings. The molecule has 1 unspecified atom stereocenters. The first-order valence-electron chi connectivity index (χ1n) is 7.40. The van der Waals surface area contributed by atoms with E-state index in [9.17, 15) is 14.3 Å². The van der Waals surface area contributed by atoms with Gasteiger partial charge in [-0.2, -0.15) is 0 Å². The summed E-state index contributed by atoms with van der Waals surface area (Å²) in [6.45, 7) is 4.06. The Morgan fingerprint density at radius 3 is 2.81 bits per heavy atom. The van der Waals surface area contributed by atoms with E-state index in [0.29, 0.717) is 26.1 Å². The smallest absolute Gasteiger partial charge is 0.234 e. The van der Waals surface area contributed by atoms with Gasteiger partial charge in [-0.25, -0.2) is 4.39 Å². The van der Waals surface area contributed by atoms with Gasteiger partial charge in [0.05, 0.1) is 12.1 Å². The number of hydrogen-bond acceptors (Lipinski definition) is 3. The van der Waals surface area contributed by atoms with E-state index >= 15 is 0 Å². The van der Waals surface area contributed by atoms with Gasteiger partial charge in [-0.3, -0.25) is 9.69 Å². The minimum absolute atomic E-state index is 0.0326. The quantitative estimate of drug-likeness (QED) is 0.861. The van der Waals surface area contributed by atoms with Crippen molar-refractivity contribution in [2.24, 2.45) is 0 Å². The van der Waals surface area contributed by atoms with Crippen molar-refractivity contribution < 1.29 is 14.3 Å². The summed E-state index contributed by atoms with van der Waals surface area (Å²) < 4.78 is 12.8. The molecule has 21 heavy (non-hydrogen) atoms. The van der Waals surface area contributed by atoms with E-state index in [1.807, 2.05) is 11.8 Å². The molecule has 0 aromatic heterocycles. The third-order valence-electron chi connectivity index (χ3n) is 3.77. The van der Waals surface area contributed by atoms with Gasteiger partial charge >= 0.3 is 0 Å². The van der Waals surface area contributed by atoms with Crippen LogP contribution in [0.1, 0.15) is 25.3 Å². The Morgan fingerprint density at radius 1 is 1.43 bits per heavy atom. The fourth-order valence-corrected chi connectivity index (χ4v) is 2.71. The summed E-state index contributed by atoms with van der Waals surface area (Å²) in [5.41, 5.74) is 0.310. The fourth-order valence-electron chi connectivity index (χ4n) is 2.71. The third-order valence-corrected chi connectivity index (χ3v) is 3.77. The van der Waals surface area contributed by atoms with Crippen molar-refractivity contribution in [3.05, 3.63) is 35.6 Å². The summed E-state index contributed by atoms with van der Waals surface area (Å²) in [6.07, 6.45) is 2.38. The number of nitrogens with zero attached hydrogens (tertiary/aromatic N) is 1. The molecule has 0 saturated carbocycles. The molecule has 2 N–H and O–H groups in total. The second kappa shape index (κ2) is 7.00. The summed E-state index contributed by atoms with van der Waals surface area (Å²) in [6, 6.07) is 6.30. The molecule has 1 heterocycles. The SMILES string of the molecule is CC1(O)CCCN(CC(=O)NCCc2ccc(F)cc2)C1. The second-order valence-electron chi connectivity index (χ2n) is 6.04. The molecule has 2 rings (SSSR count). The maximum absolute atomic E-state index is 12.8. The molecular formula is C16H23FN2O2. The Kier molecular flexibility index (Phi) is 5.31. The maximum atomic E-state index is 12.8. The number of halogens is 1. The summed E-state index contributed by atoms with van der Waals surface area (Å²) in [4.78, 5) is 13.9. The number of piperidine rings is 1. The first kappa shape index (κ1) is 15.9. The summed E-state index contributed by atoms with van der Waals surface area (Å²) in [5, 5.41) is 12.9. The fraction of sp³-hybridized carbons (Fsp3) is 0.562. The van der Waals surface area contributed by atoms with Gasteiger partial charge in [0.1, 0.15) is 5.82 Å². The Hall–Kier alpha value is -1.46.